The Bertz CT molecular complexity index is 650. The summed E-state index contributed by atoms with van der Waals surface area (Å²) in [6, 6.07) is 7.91. The summed E-state index contributed by atoms with van der Waals surface area (Å²) < 4.78 is 19.9. The quantitative estimate of drug-likeness (QED) is 0.822. The Kier molecular flexibility index (Phi) is 5.02. The number of hydrogen-bond donors (Lipinski definition) is 1. The van der Waals surface area contributed by atoms with Gasteiger partial charge in [-0.15, -0.1) is 0 Å². The smallest absolute Gasteiger partial charge is 0.374 e. The van der Waals surface area contributed by atoms with Gasteiger partial charge in [0.1, 0.15) is 0 Å². The molecule has 0 aliphatic rings. The molecule has 0 unspecified atom stereocenters. The van der Waals surface area contributed by atoms with Gasteiger partial charge in [-0.2, -0.15) is 0 Å². The molecule has 0 spiro atoms. The van der Waals surface area contributed by atoms with Crippen molar-refractivity contribution in [1.82, 2.24) is 0 Å². The van der Waals surface area contributed by atoms with Crippen LogP contribution in [0.1, 0.15) is 10.6 Å². The minimum atomic E-state index is -0.701. The summed E-state index contributed by atoms with van der Waals surface area (Å²) in [5.41, 5.74) is 0.497. The van der Waals surface area contributed by atoms with Crippen molar-refractivity contribution in [3.63, 3.8) is 0 Å². The van der Waals surface area contributed by atoms with E-state index in [-0.39, 0.29) is 5.76 Å². The maximum atomic E-state index is 11.7. The van der Waals surface area contributed by atoms with Crippen LogP contribution in [0.3, 0.4) is 0 Å². The lowest BCUT2D eigenvalue weighted by Gasteiger charge is -2.10. The normalized spacial score (nSPS) is 9.91. The third-order valence-electron chi connectivity index (χ3n) is 2.72. The first-order valence-corrected chi connectivity index (χ1v) is 6.36. The van der Waals surface area contributed by atoms with Crippen LogP contribution in [0.5, 0.6) is 11.5 Å². The van der Waals surface area contributed by atoms with E-state index in [2.05, 4.69) is 5.32 Å². The molecule has 0 atom stereocenters. The predicted molar refractivity (Wildman–Crippen MR) is 77.2 cm³/mol. The summed E-state index contributed by atoms with van der Waals surface area (Å²) in [6.45, 7) is -0.423. The van der Waals surface area contributed by atoms with E-state index >= 15 is 0 Å². The van der Waals surface area contributed by atoms with Gasteiger partial charge in [-0.1, -0.05) is 0 Å². The van der Waals surface area contributed by atoms with Gasteiger partial charge < -0.3 is 23.9 Å². The van der Waals surface area contributed by atoms with E-state index in [1.165, 1.54) is 26.5 Å². The number of carbonyl (C=O) groups excluding carboxylic acids is 2. The average Bonchev–Trinajstić information content (AvgIpc) is 3.07. The molecule has 1 N–H and O–H groups in total. The van der Waals surface area contributed by atoms with E-state index < -0.39 is 18.5 Å². The molecule has 0 radical (unpaired) electrons. The first kappa shape index (κ1) is 15.4. The molecule has 0 aliphatic carbocycles. The number of hydrogen-bond acceptors (Lipinski definition) is 6. The largest absolute Gasteiger partial charge is 0.493 e. The van der Waals surface area contributed by atoms with Crippen molar-refractivity contribution in [2.75, 3.05) is 26.1 Å². The summed E-state index contributed by atoms with van der Waals surface area (Å²) in [5.74, 6) is -0.115. The zero-order chi connectivity index (χ0) is 15.9. The predicted octanol–water partition coefficient (Wildman–Crippen LogP) is 2.09. The van der Waals surface area contributed by atoms with Crippen LogP contribution in [0.2, 0.25) is 0 Å². The number of benzene rings is 1. The van der Waals surface area contributed by atoms with E-state index in [4.69, 9.17) is 18.6 Å². The second kappa shape index (κ2) is 7.16. The molecule has 0 saturated carbocycles. The third kappa shape index (κ3) is 3.78. The highest BCUT2D eigenvalue weighted by molar-refractivity contribution is 5.94. The number of esters is 1. The van der Waals surface area contributed by atoms with E-state index in [1.54, 1.807) is 24.3 Å². The van der Waals surface area contributed by atoms with Crippen molar-refractivity contribution in [2.45, 2.75) is 0 Å². The molecule has 7 heteroatoms. The Morgan fingerprint density at radius 3 is 2.55 bits per heavy atom. The molecule has 1 heterocycles. The second-order valence-corrected chi connectivity index (χ2v) is 4.17. The first-order valence-electron chi connectivity index (χ1n) is 6.36. The average molecular weight is 305 g/mol. The first-order chi connectivity index (χ1) is 10.6. The van der Waals surface area contributed by atoms with Crippen LogP contribution in [0.25, 0.3) is 0 Å². The molecule has 0 saturated heterocycles. The molecule has 1 aromatic heterocycles. The van der Waals surface area contributed by atoms with Gasteiger partial charge in [0.25, 0.3) is 5.91 Å². The molecule has 2 rings (SSSR count). The fourth-order valence-electron chi connectivity index (χ4n) is 1.71. The van der Waals surface area contributed by atoms with Gasteiger partial charge in [-0.05, 0) is 24.3 Å². The van der Waals surface area contributed by atoms with Gasteiger partial charge in [-0.3, -0.25) is 4.79 Å². The molecule has 22 heavy (non-hydrogen) atoms. The summed E-state index contributed by atoms with van der Waals surface area (Å²) in [6.07, 6.45) is 1.35. The van der Waals surface area contributed by atoms with E-state index in [0.29, 0.717) is 17.2 Å². The summed E-state index contributed by atoms with van der Waals surface area (Å²) in [7, 11) is 3.01. The standard InChI is InChI=1S/C15H15NO6/c1-19-11-6-5-10(8-13(11)20-2)16-14(17)9-22-15(18)12-4-3-7-21-12/h3-8H,9H2,1-2H3,(H,16,17). The van der Waals surface area contributed by atoms with Crippen LogP contribution in [-0.2, 0) is 9.53 Å². The van der Waals surface area contributed by atoms with Crippen molar-refractivity contribution in [1.29, 1.82) is 0 Å². The Hall–Kier alpha value is -2.96. The minimum absolute atomic E-state index is 0.0407. The van der Waals surface area contributed by atoms with Crippen LogP contribution >= 0.6 is 0 Å². The lowest BCUT2D eigenvalue weighted by Crippen LogP contribution is -2.20. The zero-order valence-corrected chi connectivity index (χ0v) is 12.1. The molecule has 1 aromatic carbocycles. The fourth-order valence-corrected chi connectivity index (χ4v) is 1.71. The van der Waals surface area contributed by atoms with Gasteiger partial charge in [0.2, 0.25) is 5.76 Å². The SMILES string of the molecule is COc1ccc(NC(=O)COC(=O)c2ccco2)cc1OC. The van der Waals surface area contributed by atoms with Crippen LogP contribution in [-0.4, -0.2) is 32.7 Å². The molecule has 0 bridgehead atoms. The number of furan rings is 1. The second-order valence-electron chi connectivity index (χ2n) is 4.17. The van der Waals surface area contributed by atoms with Crippen LogP contribution in [0.4, 0.5) is 5.69 Å². The number of amides is 1. The minimum Gasteiger partial charge on any atom is -0.493 e. The summed E-state index contributed by atoms with van der Waals surface area (Å²) in [4.78, 5) is 23.3. The molecule has 7 nitrogen and oxygen atoms in total. The number of carbonyl (C=O) groups is 2. The Morgan fingerprint density at radius 2 is 1.91 bits per heavy atom. The Morgan fingerprint density at radius 1 is 1.14 bits per heavy atom. The Labute approximate surface area is 126 Å². The maximum absolute atomic E-state index is 11.7. The van der Waals surface area contributed by atoms with Gasteiger partial charge in [0.05, 0.1) is 20.5 Å². The highest BCUT2D eigenvalue weighted by Crippen LogP contribution is 2.29. The zero-order valence-electron chi connectivity index (χ0n) is 12.1. The van der Waals surface area contributed by atoms with Gasteiger partial charge in [0.15, 0.2) is 18.1 Å². The summed E-state index contributed by atoms with van der Waals surface area (Å²) in [5, 5.41) is 2.59. The fraction of sp³-hybridized carbons (Fsp3) is 0.200. The monoisotopic (exact) mass is 305 g/mol. The highest BCUT2D eigenvalue weighted by Gasteiger charge is 2.13. The molecular formula is C15H15NO6. The molecule has 0 aliphatic heterocycles. The number of methoxy groups -OCH3 is 2. The van der Waals surface area contributed by atoms with Crippen molar-refractivity contribution in [2.24, 2.45) is 0 Å². The van der Waals surface area contributed by atoms with E-state index in [9.17, 15) is 9.59 Å². The highest BCUT2D eigenvalue weighted by atomic mass is 16.5. The number of anilines is 1. The van der Waals surface area contributed by atoms with Gasteiger partial charge in [0, 0.05) is 11.8 Å². The van der Waals surface area contributed by atoms with Crippen LogP contribution < -0.4 is 14.8 Å². The topological polar surface area (TPSA) is 87.0 Å². The van der Waals surface area contributed by atoms with Crippen molar-refractivity contribution in [3.05, 3.63) is 42.4 Å². The van der Waals surface area contributed by atoms with Gasteiger partial charge in [-0.25, -0.2) is 4.79 Å². The van der Waals surface area contributed by atoms with E-state index in [1.807, 2.05) is 0 Å². The van der Waals surface area contributed by atoms with Crippen molar-refractivity contribution in [3.8, 4) is 11.5 Å². The maximum Gasteiger partial charge on any atom is 0.374 e. The lowest BCUT2D eigenvalue weighted by molar-refractivity contribution is -0.119. The lowest BCUT2D eigenvalue weighted by atomic mass is 10.2. The van der Waals surface area contributed by atoms with Crippen molar-refractivity contribution >= 4 is 17.6 Å². The van der Waals surface area contributed by atoms with Crippen LogP contribution in [0.15, 0.2) is 41.0 Å². The molecule has 2 aromatic rings. The molecular weight excluding hydrogens is 290 g/mol. The van der Waals surface area contributed by atoms with E-state index in [0.717, 1.165) is 0 Å². The third-order valence-corrected chi connectivity index (χ3v) is 2.72. The molecule has 1 amide bonds. The van der Waals surface area contributed by atoms with Crippen LogP contribution in [0, 0.1) is 0 Å². The van der Waals surface area contributed by atoms with Gasteiger partial charge >= 0.3 is 5.97 Å². The number of nitrogens with one attached hydrogen (secondary N) is 1. The summed E-state index contributed by atoms with van der Waals surface area (Å²) >= 11 is 0. The molecule has 116 valence electrons. The number of ether oxygens (including phenoxy) is 3. The number of rotatable bonds is 6. The molecule has 0 fully saturated rings. The van der Waals surface area contributed by atoms with Crippen molar-refractivity contribution < 1.29 is 28.2 Å². The Balaban J connectivity index is 1.90.